The third-order valence-corrected chi connectivity index (χ3v) is 6.48. The first-order valence-corrected chi connectivity index (χ1v) is 10.6. The topological polar surface area (TPSA) is 99.7 Å². The molecule has 32 heavy (non-hydrogen) atoms. The van der Waals surface area contributed by atoms with Crippen LogP contribution in [0.3, 0.4) is 0 Å². The largest absolute Gasteiger partial charge is 0.456 e. The van der Waals surface area contributed by atoms with Gasteiger partial charge < -0.3 is 15.4 Å². The van der Waals surface area contributed by atoms with E-state index in [1.807, 2.05) is 6.92 Å². The number of nitriles is 1. The Labute approximate surface area is 193 Å². The molecule has 0 aromatic heterocycles. The lowest BCUT2D eigenvalue weighted by Crippen LogP contribution is -2.50. The van der Waals surface area contributed by atoms with Crippen molar-refractivity contribution in [1.82, 2.24) is 0 Å². The van der Waals surface area contributed by atoms with Crippen molar-refractivity contribution in [3.63, 3.8) is 0 Å². The molecule has 2 aromatic rings. The normalized spacial score (nSPS) is 21.8. The highest BCUT2D eigenvalue weighted by Crippen LogP contribution is 2.56. The summed E-state index contributed by atoms with van der Waals surface area (Å²) in [6.07, 6.45) is 0. The monoisotopic (exact) mass is 466 g/mol. The smallest absolute Gasteiger partial charge is 0.338 e. The molecule has 0 saturated heterocycles. The van der Waals surface area contributed by atoms with Crippen molar-refractivity contribution in [3.05, 3.63) is 80.7 Å². The minimum Gasteiger partial charge on any atom is -0.456 e. The van der Waals surface area contributed by atoms with Gasteiger partial charge in [0.15, 0.2) is 0 Å². The number of cyclic esters (lactones) is 1. The molecular formula is C23H16Cl2N4O3. The maximum atomic E-state index is 13.9. The summed E-state index contributed by atoms with van der Waals surface area (Å²) in [5.41, 5.74) is 6.93. The molecular weight excluding hydrogens is 451 g/mol. The molecule has 2 N–H and O–H groups in total. The number of fused-ring (bicyclic) bond motifs is 3. The van der Waals surface area contributed by atoms with Crippen LogP contribution in [0.2, 0.25) is 10.0 Å². The van der Waals surface area contributed by atoms with Crippen molar-refractivity contribution in [1.29, 1.82) is 5.26 Å². The molecule has 0 saturated carbocycles. The fourth-order valence-electron chi connectivity index (χ4n) is 4.87. The summed E-state index contributed by atoms with van der Waals surface area (Å²) in [5, 5.41) is 11.0. The zero-order valence-corrected chi connectivity index (χ0v) is 18.4. The van der Waals surface area contributed by atoms with Crippen LogP contribution in [-0.4, -0.2) is 25.0 Å². The van der Waals surface area contributed by atoms with Gasteiger partial charge in [0.05, 0.1) is 22.5 Å². The molecule has 7 nitrogen and oxygen atoms in total. The molecule has 3 heterocycles. The maximum absolute atomic E-state index is 13.9. The number of benzene rings is 2. The van der Waals surface area contributed by atoms with E-state index in [-0.39, 0.29) is 23.6 Å². The van der Waals surface area contributed by atoms with Crippen LogP contribution in [0, 0.1) is 11.3 Å². The first kappa shape index (κ1) is 20.4. The van der Waals surface area contributed by atoms with Gasteiger partial charge in [-0.25, -0.2) is 4.79 Å². The number of nitrogens with zero attached hydrogens (tertiary/aromatic N) is 3. The molecule has 2 aromatic carbocycles. The van der Waals surface area contributed by atoms with Crippen molar-refractivity contribution in [3.8, 4) is 6.07 Å². The summed E-state index contributed by atoms with van der Waals surface area (Å²) in [5.74, 6) is -1.06. The van der Waals surface area contributed by atoms with E-state index < -0.39 is 17.3 Å². The van der Waals surface area contributed by atoms with E-state index in [1.165, 1.54) is 4.90 Å². The standard InChI is InChI=1S/C23H16Cl2N4O3/c1-2-28-17-6-4-3-5-15(17)23(22(28)31)16(10-26)20(27)29(18-11-32-21(30)19(18)23)14-8-12(24)7-13(25)9-14/h3-9H,2,11,27H2,1H3/t23-/m1/s1. The van der Waals surface area contributed by atoms with Crippen LogP contribution in [0.4, 0.5) is 11.4 Å². The van der Waals surface area contributed by atoms with Crippen molar-refractivity contribution >= 4 is 46.5 Å². The van der Waals surface area contributed by atoms with Gasteiger partial charge in [0, 0.05) is 27.8 Å². The van der Waals surface area contributed by atoms with Gasteiger partial charge in [0.2, 0.25) is 5.91 Å². The van der Waals surface area contributed by atoms with E-state index >= 15 is 0 Å². The number of likely N-dealkylation sites (N-methyl/N-ethyl adjacent to an activating group) is 1. The summed E-state index contributed by atoms with van der Waals surface area (Å²) in [6, 6.07) is 14.0. The number of carbonyl (C=O) groups is 2. The lowest BCUT2D eigenvalue weighted by atomic mass is 9.67. The van der Waals surface area contributed by atoms with Crippen molar-refractivity contribution in [2.75, 3.05) is 23.0 Å². The molecule has 0 aliphatic carbocycles. The molecule has 0 fully saturated rings. The molecule has 1 amide bonds. The van der Waals surface area contributed by atoms with Crippen molar-refractivity contribution in [2.45, 2.75) is 12.3 Å². The van der Waals surface area contributed by atoms with Gasteiger partial charge in [-0.05, 0) is 31.2 Å². The van der Waals surface area contributed by atoms with E-state index in [4.69, 9.17) is 33.7 Å². The van der Waals surface area contributed by atoms with Gasteiger partial charge >= 0.3 is 5.97 Å². The zero-order valence-electron chi connectivity index (χ0n) is 16.9. The average Bonchev–Trinajstić information content (AvgIpc) is 3.24. The lowest BCUT2D eigenvalue weighted by Gasteiger charge is -2.38. The summed E-state index contributed by atoms with van der Waals surface area (Å²) in [7, 11) is 0. The van der Waals surface area contributed by atoms with E-state index in [2.05, 4.69) is 6.07 Å². The Bertz CT molecular complexity index is 1310. The highest BCUT2D eigenvalue weighted by molar-refractivity contribution is 6.35. The Hall–Kier alpha value is -3.47. The number of esters is 1. The number of rotatable bonds is 2. The predicted molar refractivity (Wildman–Crippen MR) is 120 cm³/mol. The number of hydrogen-bond acceptors (Lipinski definition) is 6. The molecule has 3 aliphatic rings. The lowest BCUT2D eigenvalue weighted by molar-refractivity contribution is -0.137. The summed E-state index contributed by atoms with van der Waals surface area (Å²) in [4.78, 5) is 30.1. The van der Waals surface area contributed by atoms with Gasteiger partial charge in [0.1, 0.15) is 23.9 Å². The van der Waals surface area contributed by atoms with Gasteiger partial charge in [-0.2, -0.15) is 5.26 Å². The highest BCUT2D eigenvalue weighted by Gasteiger charge is 2.63. The fraction of sp³-hybridized carbons (Fsp3) is 0.174. The number of nitrogens with two attached hydrogens (primary N) is 1. The van der Waals surface area contributed by atoms with Crippen LogP contribution in [-0.2, 0) is 19.7 Å². The second-order valence-corrected chi connectivity index (χ2v) is 8.42. The summed E-state index contributed by atoms with van der Waals surface area (Å²) in [6.45, 7) is 2.08. The van der Waals surface area contributed by atoms with E-state index in [0.717, 1.165) is 0 Å². The Morgan fingerprint density at radius 1 is 1.19 bits per heavy atom. The van der Waals surface area contributed by atoms with Gasteiger partial charge in [-0.3, -0.25) is 9.69 Å². The SMILES string of the molecule is CCN1C(=O)[C@@]2(C(C#N)=C(N)N(c3cc(Cl)cc(Cl)c3)C3=C2C(=O)OC3)c2ccccc21. The zero-order chi connectivity index (χ0) is 22.8. The fourth-order valence-corrected chi connectivity index (χ4v) is 5.39. The molecule has 5 rings (SSSR count). The minimum absolute atomic E-state index is 0.0176. The van der Waals surface area contributed by atoms with E-state index in [9.17, 15) is 14.9 Å². The van der Waals surface area contributed by atoms with Gasteiger partial charge in [0.25, 0.3) is 0 Å². The third-order valence-electron chi connectivity index (χ3n) is 6.05. The van der Waals surface area contributed by atoms with Crippen LogP contribution in [0.25, 0.3) is 0 Å². The number of carbonyl (C=O) groups excluding carboxylic acids is 2. The first-order chi connectivity index (χ1) is 15.4. The first-order valence-electron chi connectivity index (χ1n) is 9.85. The number of ether oxygens (including phenoxy) is 1. The quantitative estimate of drug-likeness (QED) is 0.678. The van der Waals surface area contributed by atoms with Crippen LogP contribution < -0.4 is 15.5 Å². The predicted octanol–water partition coefficient (Wildman–Crippen LogP) is 3.62. The Balaban J connectivity index is 1.88. The van der Waals surface area contributed by atoms with Crippen LogP contribution in [0.1, 0.15) is 12.5 Å². The summed E-state index contributed by atoms with van der Waals surface area (Å²) < 4.78 is 5.39. The molecule has 0 bridgehead atoms. The van der Waals surface area contributed by atoms with Crippen molar-refractivity contribution < 1.29 is 14.3 Å². The molecule has 1 spiro atoms. The average molecular weight is 467 g/mol. The van der Waals surface area contributed by atoms with Gasteiger partial charge in [-0.15, -0.1) is 0 Å². The molecule has 0 unspecified atom stereocenters. The molecule has 160 valence electrons. The molecule has 0 radical (unpaired) electrons. The number of anilines is 2. The van der Waals surface area contributed by atoms with Crippen LogP contribution >= 0.6 is 23.2 Å². The maximum Gasteiger partial charge on any atom is 0.338 e. The molecule has 1 atom stereocenters. The Kier molecular flexibility index (Phi) is 4.48. The Morgan fingerprint density at radius 2 is 1.88 bits per heavy atom. The molecule has 9 heteroatoms. The van der Waals surface area contributed by atoms with Crippen LogP contribution in [0.15, 0.2) is 65.1 Å². The second-order valence-electron chi connectivity index (χ2n) is 7.55. The third kappa shape index (κ3) is 2.42. The number of hydrogen-bond donors (Lipinski definition) is 1. The number of para-hydroxylation sites is 1. The van der Waals surface area contributed by atoms with Crippen LogP contribution in [0.5, 0.6) is 0 Å². The number of halogens is 2. The second kappa shape index (κ2) is 7.02. The summed E-state index contributed by atoms with van der Waals surface area (Å²) >= 11 is 12.4. The minimum atomic E-state index is -1.67. The highest BCUT2D eigenvalue weighted by atomic mass is 35.5. The van der Waals surface area contributed by atoms with E-state index in [0.29, 0.717) is 39.2 Å². The van der Waals surface area contributed by atoms with E-state index in [1.54, 1.807) is 47.4 Å². The van der Waals surface area contributed by atoms with Crippen molar-refractivity contribution in [2.24, 2.45) is 5.73 Å². The Morgan fingerprint density at radius 3 is 2.53 bits per heavy atom. The molecule has 3 aliphatic heterocycles. The number of amides is 1. The van der Waals surface area contributed by atoms with Gasteiger partial charge in [-0.1, -0.05) is 41.4 Å².